The molecule has 2 aromatic rings. The van der Waals surface area contributed by atoms with Crippen molar-refractivity contribution in [2.75, 3.05) is 6.61 Å². The summed E-state index contributed by atoms with van der Waals surface area (Å²) in [5.74, 6) is 0.931. The molecule has 108 valence electrons. The molecule has 0 N–H and O–H groups in total. The van der Waals surface area contributed by atoms with Gasteiger partial charge in [-0.05, 0) is 26.2 Å². The van der Waals surface area contributed by atoms with Crippen LogP contribution in [0.25, 0.3) is 11.6 Å². The molecule has 0 fully saturated rings. The molecule has 0 atom stereocenters. The van der Waals surface area contributed by atoms with E-state index in [2.05, 4.69) is 10.1 Å². The van der Waals surface area contributed by atoms with Crippen molar-refractivity contribution >= 4 is 5.97 Å². The fourth-order valence-electron chi connectivity index (χ4n) is 1.81. The van der Waals surface area contributed by atoms with Crippen LogP contribution in [0.2, 0.25) is 0 Å². The highest BCUT2D eigenvalue weighted by molar-refractivity contribution is 5.88. The molecule has 2 heterocycles. The van der Waals surface area contributed by atoms with Crippen molar-refractivity contribution in [3.8, 4) is 11.6 Å². The molecule has 2 aromatic heterocycles. The molecular weight excluding hydrogens is 260 g/mol. The van der Waals surface area contributed by atoms with Gasteiger partial charge in [-0.25, -0.2) is 9.78 Å². The lowest BCUT2D eigenvalue weighted by atomic mass is 10.1. The van der Waals surface area contributed by atoms with Crippen molar-refractivity contribution in [3.63, 3.8) is 0 Å². The molecule has 0 saturated heterocycles. The third kappa shape index (κ3) is 3.07. The Hall–Kier alpha value is -2.11. The van der Waals surface area contributed by atoms with Crippen LogP contribution >= 0.6 is 0 Å². The Balaban J connectivity index is 2.38. The molecule has 0 aromatic carbocycles. The van der Waals surface area contributed by atoms with Gasteiger partial charge in [0.25, 0.3) is 0 Å². The van der Waals surface area contributed by atoms with Crippen molar-refractivity contribution in [1.82, 2.24) is 10.1 Å². The standard InChI is InChI=1S/C14H18N2O4/c1-5-18-14(17)12-10(6-8(2)3)15-13(19-12)11-7-9(4)20-16-11/h7-8H,5-6H2,1-4H3. The highest BCUT2D eigenvalue weighted by Crippen LogP contribution is 2.24. The molecule has 0 radical (unpaired) electrons. The highest BCUT2D eigenvalue weighted by Gasteiger charge is 2.23. The van der Waals surface area contributed by atoms with Crippen LogP contribution in [0.4, 0.5) is 0 Å². The first-order valence-corrected chi connectivity index (χ1v) is 6.61. The summed E-state index contributed by atoms with van der Waals surface area (Å²) in [6.07, 6.45) is 0.633. The Bertz CT molecular complexity index is 598. The number of aromatic nitrogens is 2. The van der Waals surface area contributed by atoms with Crippen molar-refractivity contribution in [3.05, 3.63) is 23.3 Å². The molecular formula is C14H18N2O4. The van der Waals surface area contributed by atoms with Crippen LogP contribution in [-0.2, 0) is 11.2 Å². The normalized spacial score (nSPS) is 11.1. The fraction of sp³-hybridized carbons (Fsp3) is 0.500. The van der Waals surface area contributed by atoms with E-state index in [1.807, 2.05) is 13.8 Å². The molecule has 0 bridgehead atoms. The SMILES string of the molecule is CCOC(=O)c1oc(-c2cc(C)on2)nc1CC(C)C. The number of hydrogen-bond donors (Lipinski definition) is 0. The van der Waals surface area contributed by atoms with E-state index in [1.54, 1.807) is 19.9 Å². The molecule has 0 unspecified atom stereocenters. The van der Waals surface area contributed by atoms with Gasteiger partial charge in [-0.1, -0.05) is 19.0 Å². The topological polar surface area (TPSA) is 78.4 Å². The zero-order valence-corrected chi connectivity index (χ0v) is 12.1. The molecule has 0 spiro atoms. The minimum Gasteiger partial charge on any atom is -0.460 e. The number of aryl methyl sites for hydroxylation is 1. The van der Waals surface area contributed by atoms with E-state index in [1.165, 1.54) is 0 Å². The summed E-state index contributed by atoms with van der Waals surface area (Å²) >= 11 is 0. The summed E-state index contributed by atoms with van der Waals surface area (Å²) in [4.78, 5) is 16.2. The zero-order valence-electron chi connectivity index (χ0n) is 12.1. The summed E-state index contributed by atoms with van der Waals surface area (Å²) in [6, 6.07) is 1.71. The second-order valence-electron chi connectivity index (χ2n) is 4.94. The Labute approximate surface area is 117 Å². The number of carbonyl (C=O) groups excluding carboxylic acids is 1. The van der Waals surface area contributed by atoms with E-state index in [9.17, 15) is 4.79 Å². The second kappa shape index (κ2) is 5.90. The van der Waals surface area contributed by atoms with Gasteiger partial charge in [-0.2, -0.15) is 0 Å². The highest BCUT2D eigenvalue weighted by atomic mass is 16.5. The molecule has 0 aliphatic rings. The minimum atomic E-state index is -0.498. The van der Waals surface area contributed by atoms with Crippen molar-refractivity contribution < 1.29 is 18.5 Å². The van der Waals surface area contributed by atoms with E-state index in [4.69, 9.17) is 13.7 Å². The summed E-state index contributed by atoms with van der Waals surface area (Å²) < 4.78 is 15.5. The molecule has 2 rings (SSSR count). The zero-order chi connectivity index (χ0) is 14.7. The van der Waals surface area contributed by atoms with Crippen LogP contribution in [0.1, 0.15) is 42.8 Å². The van der Waals surface area contributed by atoms with Crippen LogP contribution < -0.4 is 0 Å². The number of hydrogen-bond acceptors (Lipinski definition) is 6. The van der Waals surface area contributed by atoms with E-state index in [0.29, 0.717) is 36.1 Å². The van der Waals surface area contributed by atoms with E-state index < -0.39 is 5.97 Å². The lowest BCUT2D eigenvalue weighted by molar-refractivity contribution is 0.0489. The first-order chi connectivity index (χ1) is 9.51. The number of carbonyl (C=O) groups is 1. The number of nitrogens with zero attached hydrogens (tertiary/aromatic N) is 2. The monoisotopic (exact) mass is 278 g/mol. The maximum Gasteiger partial charge on any atom is 0.376 e. The largest absolute Gasteiger partial charge is 0.460 e. The number of oxazole rings is 1. The van der Waals surface area contributed by atoms with Gasteiger partial charge in [0.1, 0.15) is 5.76 Å². The fourth-order valence-corrected chi connectivity index (χ4v) is 1.81. The molecule has 0 amide bonds. The molecule has 20 heavy (non-hydrogen) atoms. The Kier molecular flexibility index (Phi) is 4.22. The third-order valence-electron chi connectivity index (χ3n) is 2.61. The van der Waals surface area contributed by atoms with E-state index >= 15 is 0 Å². The quantitative estimate of drug-likeness (QED) is 0.782. The molecule has 0 aliphatic carbocycles. The molecule has 0 aliphatic heterocycles. The van der Waals surface area contributed by atoms with Gasteiger partial charge in [0, 0.05) is 6.07 Å². The number of ether oxygens (including phenoxy) is 1. The van der Waals surface area contributed by atoms with Crippen molar-refractivity contribution in [1.29, 1.82) is 0 Å². The summed E-state index contributed by atoms with van der Waals surface area (Å²) in [5.41, 5.74) is 1.07. The molecule has 6 nitrogen and oxygen atoms in total. The average molecular weight is 278 g/mol. The van der Waals surface area contributed by atoms with Gasteiger partial charge < -0.3 is 13.7 Å². The summed E-state index contributed by atoms with van der Waals surface area (Å²) in [5, 5.41) is 3.84. The van der Waals surface area contributed by atoms with E-state index in [0.717, 1.165) is 0 Å². The third-order valence-corrected chi connectivity index (χ3v) is 2.61. The Morgan fingerprint density at radius 2 is 2.20 bits per heavy atom. The maximum absolute atomic E-state index is 11.9. The first-order valence-electron chi connectivity index (χ1n) is 6.61. The number of rotatable bonds is 5. The predicted molar refractivity (Wildman–Crippen MR) is 71.2 cm³/mol. The van der Waals surface area contributed by atoms with Gasteiger partial charge >= 0.3 is 5.97 Å². The summed E-state index contributed by atoms with van der Waals surface area (Å²) in [6.45, 7) is 7.91. The predicted octanol–water partition coefficient (Wildman–Crippen LogP) is 3.01. The van der Waals surface area contributed by atoms with E-state index in [-0.39, 0.29) is 11.7 Å². The van der Waals surface area contributed by atoms with Gasteiger partial charge in [-0.3, -0.25) is 0 Å². The van der Waals surface area contributed by atoms with Crippen LogP contribution in [0.5, 0.6) is 0 Å². The minimum absolute atomic E-state index is 0.149. The Morgan fingerprint density at radius 1 is 1.45 bits per heavy atom. The maximum atomic E-state index is 11.9. The summed E-state index contributed by atoms with van der Waals surface area (Å²) in [7, 11) is 0. The lowest BCUT2D eigenvalue weighted by Crippen LogP contribution is -2.08. The van der Waals surface area contributed by atoms with Crippen molar-refractivity contribution in [2.45, 2.75) is 34.1 Å². The smallest absolute Gasteiger partial charge is 0.376 e. The van der Waals surface area contributed by atoms with Crippen LogP contribution in [0.15, 0.2) is 15.0 Å². The Morgan fingerprint density at radius 3 is 2.75 bits per heavy atom. The van der Waals surface area contributed by atoms with Crippen LogP contribution in [-0.4, -0.2) is 22.7 Å². The molecule has 6 heteroatoms. The van der Waals surface area contributed by atoms with Crippen LogP contribution in [0, 0.1) is 12.8 Å². The van der Waals surface area contributed by atoms with Gasteiger partial charge in [0.15, 0.2) is 5.69 Å². The van der Waals surface area contributed by atoms with Gasteiger partial charge in [0.05, 0.1) is 12.3 Å². The molecule has 0 saturated carbocycles. The van der Waals surface area contributed by atoms with Gasteiger partial charge in [0.2, 0.25) is 11.7 Å². The average Bonchev–Trinajstić information content (AvgIpc) is 2.95. The first kappa shape index (κ1) is 14.3. The van der Waals surface area contributed by atoms with Crippen molar-refractivity contribution in [2.24, 2.45) is 5.92 Å². The number of esters is 1. The van der Waals surface area contributed by atoms with Gasteiger partial charge in [-0.15, -0.1) is 0 Å². The lowest BCUT2D eigenvalue weighted by Gasteiger charge is -2.02. The second-order valence-corrected chi connectivity index (χ2v) is 4.94. The van der Waals surface area contributed by atoms with Crippen LogP contribution in [0.3, 0.4) is 0 Å².